The number of rotatable bonds is 7. The first-order valence-electron chi connectivity index (χ1n) is 6.97. The van der Waals surface area contributed by atoms with Crippen LogP contribution in [-0.4, -0.2) is 32.0 Å². The van der Waals surface area contributed by atoms with Gasteiger partial charge < -0.3 is 31.0 Å². The van der Waals surface area contributed by atoms with Gasteiger partial charge in [0, 0.05) is 0 Å². The van der Waals surface area contributed by atoms with Crippen LogP contribution in [0.1, 0.15) is 11.3 Å². The Kier molecular flexibility index (Phi) is 5.45. The highest BCUT2D eigenvalue weighted by Crippen LogP contribution is 2.27. The first-order chi connectivity index (χ1) is 11.5. The number of carbonyl (C=O) groups excluding carboxylic acids is 1. The summed E-state index contributed by atoms with van der Waals surface area (Å²) in [6.45, 7) is -0.377. The molecule has 128 valence electrons. The maximum atomic E-state index is 11.5. The van der Waals surface area contributed by atoms with Crippen LogP contribution in [0.25, 0.3) is 0 Å². The fourth-order valence-electron chi connectivity index (χ4n) is 1.99. The third-order valence-corrected chi connectivity index (χ3v) is 3.28. The number of aliphatic hydroxyl groups excluding tert-OH is 1. The van der Waals surface area contributed by atoms with Gasteiger partial charge in [-0.3, -0.25) is 4.79 Å². The second kappa shape index (κ2) is 7.53. The van der Waals surface area contributed by atoms with Crippen molar-refractivity contribution in [2.24, 2.45) is 12.8 Å². The molecule has 0 fully saturated rings. The summed E-state index contributed by atoms with van der Waals surface area (Å²) >= 11 is 0. The Bertz CT molecular complexity index is 758. The van der Waals surface area contributed by atoms with Crippen molar-refractivity contribution in [2.75, 3.05) is 11.9 Å². The molecule has 0 aliphatic rings. The molecular weight excluding hydrogens is 318 g/mol. The number of carbonyl (C=O) groups is 1. The number of nitrogens with two attached hydrogens (primary N) is 1. The van der Waals surface area contributed by atoms with E-state index in [1.807, 2.05) is 0 Å². The van der Waals surface area contributed by atoms with Crippen molar-refractivity contribution in [1.82, 2.24) is 9.55 Å². The highest BCUT2D eigenvalue weighted by atomic mass is 16.6. The number of benzene rings is 1. The minimum atomic E-state index is -0.591. The molecule has 0 saturated carbocycles. The molecule has 0 aliphatic heterocycles. The Labute approximate surface area is 137 Å². The van der Waals surface area contributed by atoms with Crippen LogP contribution in [0.5, 0.6) is 5.75 Å². The van der Waals surface area contributed by atoms with E-state index in [4.69, 9.17) is 10.5 Å². The van der Waals surface area contributed by atoms with Gasteiger partial charge in [0.15, 0.2) is 5.69 Å². The molecule has 0 bridgehead atoms. The summed E-state index contributed by atoms with van der Waals surface area (Å²) in [5, 5.41) is 22.6. The summed E-state index contributed by atoms with van der Waals surface area (Å²) in [5.41, 5.74) is 6.71. The average molecular weight is 335 g/mol. The molecule has 1 aromatic heterocycles. The zero-order chi connectivity index (χ0) is 17.7. The molecule has 0 aliphatic carbocycles. The number of imidazole rings is 1. The Balaban J connectivity index is 2.19. The van der Waals surface area contributed by atoms with Crippen LogP contribution in [0, 0.1) is 10.1 Å². The van der Waals surface area contributed by atoms with E-state index in [-0.39, 0.29) is 25.7 Å². The lowest BCUT2D eigenvalue weighted by molar-refractivity contribution is -0.396. The first-order valence-corrected chi connectivity index (χ1v) is 6.97. The Morgan fingerprint density at radius 1 is 1.54 bits per heavy atom. The van der Waals surface area contributed by atoms with E-state index >= 15 is 0 Å². The molecule has 10 heteroatoms. The summed E-state index contributed by atoms with van der Waals surface area (Å²) < 4.78 is 6.93. The maximum Gasteiger partial charge on any atom is 0.434 e. The van der Waals surface area contributed by atoms with Gasteiger partial charge in [-0.25, -0.2) is 4.57 Å². The summed E-state index contributed by atoms with van der Waals surface area (Å²) in [6.07, 6.45) is 1.35. The molecule has 2 aromatic rings. The molecule has 0 atom stereocenters. The molecule has 2 rings (SSSR count). The highest BCUT2D eigenvalue weighted by molar-refractivity contribution is 5.93. The van der Waals surface area contributed by atoms with Crippen molar-refractivity contribution in [3.8, 4) is 5.75 Å². The number of amides is 1. The molecule has 0 radical (unpaired) electrons. The predicted molar refractivity (Wildman–Crippen MR) is 84.2 cm³/mol. The monoisotopic (exact) mass is 335 g/mol. The Morgan fingerprint density at radius 2 is 2.29 bits per heavy atom. The largest absolute Gasteiger partial charge is 0.484 e. The van der Waals surface area contributed by atoms with E-state index in [2.05, 4.69) is 10.3 Å². The van der Waals surface area contributed by atoms with Crippen LogP contribution >= 0.6 is 0 Å². The number of nitrogens with one attached hydrogen (secondary N) is 1. The number of hydrogen-bond acceptors (Lipinski definition) is 7. The fraction of sp³-hybridized carbons (Fsp3) is 0.286. The Hall–Kier alpha value is -2.98. The molecule has 1 aromatic carbocycles. The van der Waals surface area contributed by atoms with Gasteiger partial charge in [-0.1, -0.05) is 11.1 Å². The molecule has 4 N–H and O–H groups in total. The van der Waals surface area contributed by atoms with Crippen LogP contribution in [0.2, 0.25) is 0 Å². The van der Waals surface area contributed by atoms with E-state index in [9.17, 15) is 20.0 Å². The highest BCUT2D eigenvalue weighted by Gasteiger charge is 2.18. The zero-order valence-corrected chi connectivity index (χ0v) is 12.9. The molecule has 0 unspecified atom stereocenters. The molecule has 0 saturated heterocycles. The normalized spacial score (nSPS) is 10.5. The van der Waals surface area contributed by atoms with Crippen molar-refractivity contribution in [2.45, 2.75) is 13.2 Å². The third-order valence-electron chi connectivity index (χ3n) is 3.28. The van der Waals surface area contributed by atoms with Gasteiger partial charge in [0.25, 0.3) is 0 Å². The minimum absolute atomic E-state index is 0.0152. The number of ether oxygens (including phenoxy) is 1. The topological polar surface area (TPSA) is 146 Å². The third kappa shape index (κ3) is 3.86. The van der Waals surface area contributed by atoms with Crippen LogP contribution in [0.3, 0.4) is 0 Å². The number of nitro groups is 1. The van der Waals surface area contributed by atoms with Crippen molar-refractivity contribution in [3.05, 3.63) is 45.8 Å². The van der Waals surface area contributed by atoms with E-state index in [0.717, 1.165) is 0 Å². The van der Waals surface area contributed by atoms with E-state index < -0.39 is 10.8 Å². The maximum absolute atomic E-state index is 11.5. The molecule has 1 amide bonds. The van der Waals surface area contributed by atoms with Gasteiger partial charge in [0.05, 0.1) is 25.9 Å². The summed E-state index contributed by atoms with van der Waals surface area (Å²) in [5.74, 6) is -0.357. The van der Waals surface area contributed by atoms with Crippen LogP contribution in [-0.2, 0) is 25.1 Å². The van der Waals surface area contributed by atoms with E-state index in [0.29, 0.717) is 22.7 Å². The number of hydrogen-bond donors (Lipinski definition) is 3. The predicted octanol–water partition coefficient (Wildman–Crippen LogP) is 0.297. The van der Waals surface area contributed by atoms with Crippen LogP contribution < -0.4 is 15.8 Å². The standard InChI is InChI=1S/C14H17N5O5/c1-18-10(6-16-14(18)19(22)23)8-24-12-3-2-9(7-20)4-11(12)17-13(21)5-15/h2-4,6,20H,5,7-8,15H2,1H3,(H,17,21). The fourth-order valence-corrected chi connectivity index (χ4v) is 1.99. The van der Waals surface area contributed by atoms with Gasteiger partial charge in [-0.15, -0.1) is 0 Å². The zero-order valence-electron chi connectivity index (χ0n) is 12.9. The number of aliphatic hydroxyl groups is 1. The number of nitrogens with zero attached hydrogens (tertiary/aromatic N) is 3. The van der Waals surface area contributed by atoms with Crippen molar-refractivity contribution >= 4 is 17.5 Å². The smallest absolute Gasteiger partial charge is 0.434 e. The summed E-state index contributed by atoms with van der Waals surface area (Å²) in [6, 6.07) is 4.79. The number of aromatic nitrogens is 2. The molecule has 10 nitrogen and oxygen atoms in total. The van der Waals surface area contributed by atoms with Crippen molar-refractivity contribution in [3.63, 3.8) is 0 Å². The minimum Gasteiger partial charge on any atom is -0.484 e. The van der Waals surface area contributed by atoms with Crippen molar-refractivity contribution < 1.29 is 19.6 Å². The lowest BCUT2D eigenvalue weighted by atomic mass is 10.2. The molecular formula is C14H17N5O5. The quantitative estimate of drug-likeness (QED) is 0.487. The second-order valence-electron chi connectivity index (χ2n) is 4.90. The molecule has 0 spiro atoms. The first kappa shape index (κ1) is 17.4. The molecule has 1 heterocycles. The van der Waals surface area contributed by atoms with Gasteiger partial charge >= 0.3 is 5.95 Å². The lowest BCUT2D eigenvalue weighted by Gasteiger charge is -2.13. The Morgan fingerprint density at radius 3 is 2.88 bits per heavy atom. The van der Waals surface area contributed by atoms with Crippen molar-refractivity contribution in [1.29, 1.82) is 0 Å². The second-order valence-corrected chi connectivity index (χ2v) is 4.90. The van der Waals surface area contributed by atoms with Gasteiger partial charge in [-0.05, 0) is 22.6 Å². The van der Waals surface area contributed by atoms with Gasteiger partial charge in [-0.2, -0.15) is 0 Å². The molecule has 24 heavy (non-hydrogen) atoms. The average Bonchev–Trinajstić information content (AvgIpc) is 2.94. The van der Waals surface area contributed by atoms with E-state index in [1.54, 1.807) is 18.2 Å². The van der Waals surface area contributed by atoms with E-state index in [1.165, 1.54) is 17.8 Å². The number of anilines is 1. The van der Waals surface area contributed by atoms with Gasteiger partial charge in [0.1, 0.15) is 18.6 Å². The van der Waals surface area contributed by atoms with Crippen LogP contribution in [0.15, 0.2) is 24.4 Å². The lowest BCUT2D eigenvalue weighted by Crippen LogP contribution is -2.22. The summed E-state index contributed by atoms with van der Waals surface area (Å²) in [7, 11) is 1.51. The summed E-state index contributed by atoms with van der Waals surface area (Å²) in [4.78, 5) is 25.4. The SMILES string of the molecule is Cn1c(COc2ccc(CO)cc2NC(=O)CN)cnc1[N+](=O)[O-]. The van der Waals surface area contributed by atoms with Gasteiger partial charge in [0.2, 0.25) is 5.91 Å². The van der Waals surface area contributed by atoms with Crippen LogP contribution in [0.4, 0.5) is 11.6 Å².